The second-order valence-electron chi connectivity index (χ2n) is 6.33. The number of ether oxygens (including phenoxy) is 1. The zero-order valence-electron chi connectivity index (χ0n) is 13.3. The van der Waals surface area contributed by atoms with Gasteiger partial charge in [-0.1, -0.05) is 12.8 Å². The van der Waals surface area contributed by atoms with Crippen LogP contribution in [0.15, 0.2) is 18.2 Å². The summed E-state index contributed by atoms with van der Waals surface area (Å²) in [5, 5.41) is 0. The van der Waals surface area contributed by atoms with E-state index >= 15 is 0 Å². The molecule has 22 heavy (non-hydrogen) atoms. The summed E-state index contributed by atoms with van der Waals surface area (Å²) in [6, 6.07) is 5.63. The summed E-state index contributed by atoms with van der Waals surface area (Å²) in [7, 11) is 0. The average molecular weight is 303 g/mol. The van der Waals surface area contributed by atoms with Gasteiger partial charge < -0.3 is 20.3 Å². The highest BCUT2D eigenvalue weighted by Crippen LogP contribution is 2.35. The van der Waals surface area contributed by atoms with Crippen molar-refractivity contribution in [1.82, 2.24) is 4.90 Å². The van der Waals surface area contributed by atoms with E-state index in [1.54, 1.807) is 0 Å². The molecule has 5 heteroatoms. The number of benzene rings is 1. The Morgan fingerprint density at radius 2 is 2.00 bits per heavy atom. The van der Waals surface area contributed by atoms with Gasteiger partial charge in [-0.3, -0.25) is 4.79 Å². The molecule has 1 aromatic carbocycles. The lowest BCUT2D eigenvalue weighted by atomic mass is 10.1. The molecule has 0 bridgehead atoms. The monoisotopic (exact) mass is 303 g/mol. The molecule has 1 saturated heterocycles. The fraction of sp³-hybridized carbons (Fsp3) is 0.588. The zero-order chi connectivity index (χ0) is 15.5. The average Bonchev–Trinajstić information content (AvgIpc) is 2.77. The number of hydrogen-bond donors (Lipinski definition) is 1. The van der Waals surface area contributed by atoms with Crippen molar-refractivity contribution < 1.29 is 9.53 Å². The third-order valence-corrected chi connectivity index (χ3v) is 4.41. The van der Waals surface area contributed by atoms with Crippen molar-refractivity contribution in [3.63, 3.8) is 0 Å². The molecule has 1 fully saturated rings. The van der Waals surface area contributed by atoms with E-state index in [2.05, 4.69) is 4.90 Å². The van der Waals surface area contributed by atoms with Crippen LogP contribution in [-0.2, 0) is 4.79 Å². The molecule has 0 saturated carbocycles. The first-order chi connectivity index (χ1) is 10.6. The molecule has 0 aromatic heterocycles. The third-order valence-electron chi connectivity index (χ3n) is 4.41. The number of hydrogen-bond acceptors (Lipinski definition) is 4. The standard InChI is InChI=1S/C17H25N3O2/c1-13-11-20(15-10-14(18)6-7-16(15)22-13)12-17(21)19-8-4-2-3-5-9-19/h6-7,10,13H,2-5,8-9,11-12,18H2,1H3. The quantitative estimate of drug-likeness (QED) is 0.851. The molecular weight excluding hydrogens is 278 g/mol. The molecule has 0 radical (unpaired) electrons. The minimum Gasteiger partial charge on any atom is -0.487 e. The summed E-state index contributed by atoms with van der Waals surface area (Å²) in [6.45, 7) is 4.94. The highest BCUT2D eigenvalue weighted by Gasteiger charge is 2.26. The summed E-state index contributed by atoms with van der Waals surface area (Å²) >= 11 is 0. The number of carbonyl (C=O) groups is 1. The van der Waals surface area contributed by atoms with Gasteiger partial charge in [0.2, 0.25) is 5.91 Å². The van der Waals surface area contributed by atoms with Crippen LogP contribution in [0.4, 0.5) is 11.4 Å². The minimum atomic E-state index is 0.0769. The Morgan fingerprint density at radius 3 is 2.73 bits per heavy atom. The number of rotatable bonds is 2. The number of nitrogens with two attached hydrogens (primary N) is 1. The number of anilines is 2. The summed E-state index contributed by atoms with van der Waals surface area (Å²) in [6.07, 6.45) is 4.78. The fourth-order valence-electron chi connectivity index (χ4n) is 3.28. The Kier molecular flexibility index (Phi) is 4.41. The predicted molar refractivity (Wildman–Crippen MR) is 88.2 cm³/mol. The SMILES string of the molecule is CC1CN(CC(=O)N2CCCCCC2)c2cc(N)ccc2O1. The first-order valence-corrected chi connectivity index (χ1v) is 8.22. The van der Waals surface area contributed by atoms with Crippen molar-refractivity contribution in [2.75, 3.05) is 36.8 Å². The van der Waals surface area contributed by atoms with Gasteiger partial charge in [-0.05, 0) is 38.0 Å². The van der Waals surface area contributed by atoms with Gasteiger partial charge in [0.25, 0.3) is 0 Å². The van der Waals surface area contributed by atoms with Crippen molar-refractivity contribution in [2.45, 2.75) is 38.7 Å². The number of amides is 1. The van der Waals surface area contributed by atoms with Crippen molar-refractivity contribution >= 4 is 17.3 Å². The van der Waals surface area contributed by atoms with Crippen LogP contribution in [-0.4, -0.2) is 43.1 Å². The number of nitrogen functional groups attached to an aromatic ring is 1. The maximum absolute atomic E-state index is 12.6. The lowest BCUT2D eigenvalue weighted by Gasteiger charge is -2.35. The molecule has 2 heterocycles. The lowest BCUT2D eigenvalue weighted by molar-refractivity contribution is -0.129. The third kappa shape index (κ3) is 3.29. The zero-order valence-corrected chi connectivity index (χ0v) is 13.3. The summed E-state index contributed by atoms with van der Waals surface area (Å²) in [5.74, 6) is 1.03. The van der Waals surface area contributed by atoms with Crippen LogP contribution in [0.1, 0.15) is 32.6 Å². The van der Waals surface area contributed by atoms with Gasteiger partial charge in [-0.25, -0.2) is 0 Å². The van der Waals surface area contributed by atoms with Crippen LogP contribution < -0.4 is 15.4 Å². The van der Waals surface area contributed by atoms with Gasteiger partial charge >= 0.3 is 0 Å². The Labute approximate surface area is 132 Å². The van der Waals surface area contributed by atoms with Gasteiger partial charge in [-0.2, -0.15) is 0 Å². The molecule has 1 aromatic rings. The number of likely N-dealkylation sites (tertiary alicyclic amines) is 1. The maximum atomic E-state index is 12.6. The Hall–Kier alpha value is -1.91. The second-order valence-corrected chi connectivity index (χ2v) is 6.33. The molecule has 5 nitrogen and oxygen atoms in total. The molecule has 3 rings (SSSR count). The molecule has 2 aliphatic heterocycles. The lowest BCUT2D eigenvalue weighted by Crippen LogP contribution is -2.46. The summed E-state index contributed by atoms with van der Waals surface area (Å²) in [4.78, 5) is 16.7. The normalized spacial score (nSPS) is 21.8. The van der Waals surface area contributed by atoms with Gasteiger partial charge in [0.05, 0.1) is 18.8 Å². The van der Waals surface area contributed by atoms with Crippen molar-refractivity contribution in [1.29, 1.82) is 0 Å². The largest absolute Gasteiger partial charge is 0.487 e. The molecule has 2 aliphatic rings. The molecule has 1 unspecified atom stereocenters. The highest BCUT2D eigenvalue weighted by atomic mass is 16.5. The van der Waals surface area contributed by atoms with E-state index < -0.39 is 0 Å². The fourth-order valence-corrected chi connectivity index (χ4v) is 3.28. The Bertz CT molecular complexity index is 539. The second kappa shape index (κ2) is 6.46. The first-order valence-electron chi connectivity index (χ1n) is 8.22. The molecule has 2 N–H and O–H groups in total. The van der Waals surface area contributed by atoms with E-state index in [-0.39, 0.29) is 12.0 Å². The molecule has 0 aliphatic carbocycles. The van der Waals surface area contributed by atoms with E-state index in [9.17, 15) is 4.79 Å². The van der Waals surface area contributed by atoms with E-state index in [1.807, 2.05) is 30.0 Å². The van der Waals surface area contributed by atoms with Crippen molar-refractivity contribution in [3.05, 3.63) is 18.2 Å². The smallest absolute Gasteiger partial charge is 0.242 e. The van der Waals surface area contributed by atoms with E-state index in [0.717, 1.165) is 43.9 Å². The molecule has 1 atom stereocenters. The van der Waals surface area contributed by atoms with Gasteiger partial charge in [0.15, 0.2) is 0 Å². The Balaban J connectivity index is 1.74. The van der Waals surface area contributed by atoms with Crippen molar-refractivity contribution in [2.24, 2.45) is 0 Å². The van der Waals surface area contributed by atoms with Crippen LogP contribution in [0.2, 0.25) is 0 Å². The number of fused-ring (bicyclic) bond motifs is 1. The Morgan fingerprint density at radius 1 is 1.27 bits per heavy atom. The highest BCUT2D eigenvalue weighted by molar-refractivity contribution is 5.83. The predicted octanol–water partition coefficient (Wildman–Crippen LogP) is 2.26. The van der Waals surface area contributed by atoms with Crippen LogP contribution >= 0.6 is 0 Å². The molecular formula is C17H25N3O2. The van der Waals surface area contributed by atoms with Crippen LogP contribution in [0.5, 0.6) is 5.75 Å². The van der Waals surface area contributed by atoms with Gasteiger partial charge in [0, 0.05) is 18.8 Å². The van der Waals surface area contributed by atoms with Crippen LogP contribution in [0.3, 0.4) is 0 Å². The molecule has 0 spiro atoms. The van der Waals surface area contributed by atoms with E-state index in [1.165, 1.54) is 12.8 Å². The first kappa shape index (κ1) is 15.0. The van der Waals surface area contributed by atoms with E-state index in [4.69, 9.17) is 10.5 Å². The minimum absolute atomic E-state index is 0.0769. The summed E-state index contributed by atoms with van der Waals surface area (Å²) < 4.78 is 5.84. The van der Waals surface area contributed by atoms with Crippen LogP contribution in [0, 0.1) is 0 Å². The van der Waals surface area contributed by atoms with E-state index in [0.29, 0.717) is 12.2 Å². The number of nitrogens with zero attached hydrogens (tertiary/aromatic N) is 2. The topological polar surface area (TPSA) is 58.8 Å². The van der Waals surface area contributed by atoms with Gasteiger partial charge in [-0.15, -0.1) is 0 Å². The van der Waals surface area contributed by atoms with Crippen LogP contribution in [0.25, 0.3) is 0 Å². The van der Waals surface area contributed by atoms with Gasteiger partial charge in [0.1, 0.15) is 11.9 Å². The molecule has 1 amide bonds. The summed E-state index contributed by atoms with van der Waals surface area (Å²) in [5.41, 5.74) is 7.53. The van der Waals surface area contributed by atoms with Crippen molar-refractivity contribution in [3.8, 4) is 5.75 Å². The molecule has 120 valence electrons. The maximum Gasteiger partial charge on any atom is 0.242 e. The number of carbonyl (C=O) groups excluding carboxylic acids is 1.